The average Bonchev–Trinajstić information content (AvgIpc) is 3.05. The lowest BCUT2D eigenvalue weighted by Crippen LogP contribution is -2.47. The molecule has 3 aromatic rings. The summed E-state index contributed by atoms with van der Waals surface area (Å²) in [6.07, 6.45) is 0. The summed E-state index contributed by atoms with van der Waals surface area (Å²) in [6.45, 7) is 10.5. The van der Waals surface area contributed by atoms with Crippen molar-refractivity contribution >= 4 is 5.69 Å². The summed E-state index contributed by atoms with van der Waals surface area (Å²) in [5.41, 5.74) is 5.56. The van der Waals surface area contributed by atoms with Gasteiger partial charge in [0, 0.05) is 51.4 Å². The predicted molar refractivity (Wildman–Crippen MR) is 155 cm³/mol. The van der Waals surface area contributed by atoms with Gasteiger partial charge in [-0.3, -0.25) is 14.6 Å². The lowest BCUT2D eigenvalue weighted by Gasteiger charge is -2.39. The van der Waals surface area contributed by atoms with E-state index in [0.717, 1.165) is 50.5 Å². The molecule has 1 aliphatic heterocycles. The minimum absolute atomic E-state index is 0.125. The Bertz CT molecular complexity index is 1130. The van der Waals surface area contributed by atoms with Gasteiger partial charge in [-0.2, -0.15) is 0 Å². The first-order chi connectivity index (χ1) is 17.9. The van der Waals surface area contributed by atoms with Crippen LogP contribution >= 0.6 is 0 Å². The van der Waals surface area contributed by atoms with Gasteiger partial charge in [-0.25, -0.2) is 0 Å². The summed E-state index contributed by atoms with van der Waals surface area (Å²) in [6, 6.07) is 28.1. The van der Waals surface area contributed by atoms with Crippen LogP contribution in [0.5, 0.6) is 0 Å². The second-order valence-electron chi connectivity index (χ2n) is 10.7. The molecule has 1 fully saturated rings. The molecule has 0 spiro atoms. The van der Waals surface area contributed by atoms with Crippen molar-refractivity contribution in [2.75, 3.05) is 58.7 Å². The van der Waals surface area contributed by atoms with Crippen LogP contribution in [0.3, 0.4) is 0 Å². The molecule has 0 unspecified atom stereocenters. The van der Waals surface area contributed by atoms with Gasteiger partial charge in [0.25, 0.3) is 0 Å². The SMILES string of the molecule is CC(C)c1ccc(CN2CCN(C(c3ccccc3)c3ccccc3)CC2)c(=O)c(NCCN(C)C)c1. The molecule has 5 heteroatoms. The Morgan fingerprint density at radius 2 is 1.41 bits per heavy atom. The molecule has 196 valence electrons. The summed E-state index contributed by atoms with van der Waals surface area (Å²) in [4.78, 5) is 20.7. The van der Waals surface area contributed by atoms with Crippen LogP contribution in [-0.2, 0) is 6.54 Å². The first-order valence-electron chi connectivity index (χ1n) is 13.5. The lowest BCUT2D eigenvalue weighted by atomic mass is 9.96. The summed E-state index contributed by atoms with van der Waals surface area (Å²) in [5.74, 6) is 0.366. The van der Waals surface area contributed by atoms with E-state index in [9.17, 15) is 4.79 Å². The van der Waals surface area contributed by atoms with E-state index < -0.39 is 0 Å². The van der Waals surface area contributed by atoms with Crippen LogP contribution in [0.4, 0.5) is 5.69 Å². The van der Waals surface area contributed by atoms with Crippen molar-refractivity contribution in [3.63, 3.8) is 0 Å². The normalized spacial score (nSPS) is 15.0. The summed E-state index contributed by atoms with van der Waals surface area (Å²) in [5, 5.41) is 3.41. The fraction of sp³-hybridized carbons (Fsp3) is 0.406. The molecule has 0 bridgehead atoms. The zero-order valence-electron chi connectivity index (χ0n) is 22.9. The number of rotatable bonds is 10. The summed E-state index contributed by atoms with van der Waals surface area (Å²) < 4.78 is 0. The topological polar surface area (TPSA) is 38.8 Å². The zero-order chi connectivity index (χ0) is 26.2. The van der Waals surface area contributed by atoms with Gasteiger partial charge >= 0.3 is 0 Å². The minimum Gasteiger partial charge on any atom is -0.381 e. The van der Waals surface area contributed by atoms with E-state index in [0.29, 0.717) is 12.5 Å². The van der Waals surface area contributed by atoms with Gasteiger partial charge in [0.2, 0.25) is 5.43 Å². The first-order valence-corrected chi connectivity index (χ1v) is 13.5. The predicted octanol–water partition coefficient (Wildman–Crippen LogP) is 5.05. The van der Waals surface area contributed by atoms with Crippen molar-refractivity contribution in [3.8, 4) is 0 Å². The maximum absolute atomic E-state index is 13.5. The van der Waals surface area contributed by atoms with Crippen molar-refractivity contribution < 1.29 is 0 Å². The molecule has 0 aliphatic carbocycles. The number of nitrogens with one attached hydrogen (secondary N) is 1. The molecule has 0 atom stereocenters. The molecule has 3 aromatic carbocycles. The van der Waals surface area contributed by atoms with Gasteiger partial charge in [0.1, 0.15) is 0 Å². The van der Waals surface area contributed by atoms with E-state index in [-0.39, 0.29) is 11.5 Å². The van der Waals surface area contributed by atoms with E-state index >= 15 is 0 Å². The summed E-state index contributed by atoms with van der Waals surface area (Å²) >= 11 is 0. The summed E-state index contributed by atoms with van der Waals surface area (Å²) in [7, 11) is 4.10. The molecule has 1 N–H and O–H groups in total. The molecule has 0 aromatic heterocycles. The van der Waals surface area contributed by atoms with Crippen LogP contribution in [0.1, 0.15) is 48.1 Å². The van der Waals surface area contributed by atoms with E-state index in [1.165, 1.54) is 16.7 Å². The highest BCUT2D eigenvalue weighted by Crippen LogP contribution is 2.29. The third-order valence-electron chi connectivity index (χ3n) is 7.26. The second kappa shape index (κ2) is 13.0. The van der Waals surface area contributed by atoms with Crippen LogP contribution < -0.4 is 10.7 Å². The number of likely N-dealkylation sites (N-methyl/N-ethyl adjacent to an activating group) is 1. The van der Waals surface area contributed by atoms with E-state index in [1.807, 2.05) is 0 Å². The van der Waals surface area contributed by atoms with E-state index in [2.05, 4.69) is 127 Å². The van der Waals surface area contributed by atoms with Gasteiger partial charge in [-0.1, -0.05) is 86.6 Å². The Morgan fingerprint density at radius 1 is 0.811 bits per heavy atom. The molecule has 0 amide bonds. The van der Waals surface area contributed by atoms with Crippen LogP contribution in [0.2, 0.25) is 0 Å². The molecule has 0 radical (unpaired) electrons. The van der Waals surface area contributed by atoms with Gasteiger partial charge in [0.05, 0.1) is 11.7 Å². The molecular weight excluding hydrogens is 456 g/mol. The maximum atomic E-state index is 13.5. The molecule has 1 saturated heterocycles. The van der Waals surface area contributed by atoms with E-state index in [4.69, 9.17) is 0 Å². The van der Waals surface area contributed by atoms with Crippen molar-refractivity contribution in [2.24, 2.45) is 0 Å². The minimum atomic E-state index is 0.125. The Hall–Kier alpha value is -2.99. The molecule has 37 heavy (non-hydrogen) atoms. The van der Waals surface area contributed by atoms with Crippen LogP contribution in [0.25, 0.3) is 0 Å². The molecule has 5 nitrogen and oxygen atoms in total. The number of nitrogens with zero attached hydrogens (tertiary/aromatic N) is 3. The maximum Gasteiger partial charge on any atom is 0.206 e. The molecule has 4 rings (SSSR count). The van der Waals surface area contributed by atoms with Crippen LogP contribution in [0, 0.1) is 0 Å². The fourth-order valence-electron chi connectivity index (χ4n) is 5.06. The van der Waals surface area contributed by atoms with Crippen LogP contribution in [-0.4, -0.2) is 68.1 Å². The first kappa shape index (κ1) is 27.1. The van der Waals surface area contributed by atoms with Gasteiger partial charge in [0.15, 0.2) is 0 Å². The van der Waals surface area contributed by atoms with Crippen molar-refractivity contribution in [2.45, 2.75) is 32.4 Å². The molecular formula is C32H42N4O. The van der Waals surface area contributed by atoms with Crippen LogP contribution in [0.15, 0.2) is 83.7 Å². The smallest absolute Gasteiger partial charge is 0.206 e. The third-order valence-corrected chi connectivity index (χ3v) is 7.26. The number of anilines is 1. The molecule has 1 aliphatic rings. The Labute approximate surface area is 222 Å². The average molecular weight is 499 g/mol. The number of hydrogen-bond donors (Lipinski definition) is 1. The standard InChI is InChI=1S/C32H42N4O/c1-25(2)28-15-16-29(32(37)30(23-28)33-17-18-34(3)4)24-35-19-21-36(22-20-35)31(26-11-7-5-8-12-26)27-13-9-6-10-14-27/h5-16,23,25,31H,17-22,24H2,1-4H3,(H,33,37). The van der Waals surface area contributed by atoms with Gasteiger partial charge < -0.3 is 10.2 Å². The van der Waals surface area contributed by atoms with E-state index in [1.54, 1.807) is 0 Å². The van der Waals surface area contributed by atoms with Gasteiger partial charge in [-0.15, -0.1) is 0 Å². The third kappa shape index (κ3) is 7.29. The monoisotopic (exact) mass is 498 g/mol. The quantitative estimate of drug-likeness (QED) is 0.424. The highest BCUT2D eigenvalue weighted by atomic mass is 16.1. The highest BCUT2D eigenvalue weighted by Gasteiger charge is 2.26. The second-order valence-corrected chi connectivity index (χ2v) is 10.7. The number of hydrogen-bond acceptors (Lipinski definition) is 5. The zero-order valence-corrected chi connectivity index (χ0v) is 22.9. The molecule has 0 saturated carbocycles. The Morgan fingerprint density at radius 3 is 1.95 bits per heavy atom. The molecule has 1 heterocycles. The van der Waals surface area contributed by atoms with Crippen molar-refractivity contribution in [1.82, 2.24) is 14.7 Å². The number of piperazine rings is 1. The Kier molecular flexibility index (Phi) is 9.51. The van der Waals surface area contributed by atoms with Crippen molar-refractivity contribution in [1.29, 1.82) is 0 Å². The lowest BCUT2D eigenvalue weighted by molar-refractivity contribution is 0.104. The highest BCUT2D eigenvalue weighted by molar-refractivity contribution is 5.48. The fourth-order valence-corrected chi connectivity index (χ4v) is 5.06. The largest absolute Gasteiger partial charge is 0.381 e. The van der Waals surface area contributed by atoms with Gasteiger partial charge in [-0.05, 0) is 42.8 Å². The van der Waals surface area contributed by atoms with Crippen molar-refractivity contribution in [3.05, 3.63) is 111 Å². The number of benzene rings is 2. The Balaban J connectivity index is 1.49.